The van der Waals surface area contributed by atoms with Crippen LogP contribution in [0.15, 0.2) is 46.9 Å². The van der Waals surface area contributed by atoms with E-state index < -0.39 is 4.75 Å². The van der Waals surface area contributed by atoms with Crippen molar-refractivity contribution in [3.05, 3.63) is 48.2 Å². The largest absolute Gasteiger partial charge is 0.461 e. The molecule has 1 atom stereocenters. The first-order valence-electron chi connectivity index (χ1n) is 6.25. The molecule has 3 nitrogen and oxygen atoms in total. The number of carbonyl (C=O) groups excluding carboxylic acids is 1. The molecule has 0 saturated carbocycles. The topological polar surface area (TPSA) is 42.2 Å². The fraction of sp³-hybridized carbons (Fsp3) is 0.200. The van der Waals surface area contributed by atoms with Gasteiger partial charge in [0.2, 0.25) is 5.91 Å². The van der Waals surface area contributed by atoms with Crippen LogP contribution in [0.4, 0.5) is 0 Å². The minimum Gasteiger partial charge on any atom is -0.461 e. The van der Waals surface area contributed by atoms with Crippen molar-refractivity contribution in [2.75, 3.05) is 0 Å². The van der Waals surface area contributed by atoms with Gasteiger partial charge < -0.3 is 9.73 Å². The van der Waals surface area contributed by atoms with Gasteiger partial charge in [-0.05, 0) is 19.1 Å². The second-order valence-electron chi connectivity index (χ2n) is 4.88. The standard InChI is InChI=1S/C15H13NO2S2/c1-15(13(17)16-14(19)20-15)9-11-7-8-12(18-11)10-5-3-2-4-6-10/h2-8H,9H2,1H3,(H,16,17,19). The number of amides is 1. The van der Waals surface area contributed by atoms with Crippen molar-refractivity contribution < 1.29 is 9.21 Å². The monoisotopic (exact) mass is 303 g/mol. The van der Waals surface area contributed by atoms with Crippen LogP contribution in [-0.2, 0) is 11.2 Å². The summed E-state index contributed by atoms with van der Waals surface area (Å²) in [6, 6.07) is 13.8. The summed E-state index contributed by atoms with van der Waals surface area (Å²) in [5, 5.41) is 2.68. The molecule has 1 unspecified atom stereocenters. The SMILES string of the molecule is CC1(Cc2ccc(-c3ccccc3)o2)SC(=S)NC1=O. The fourth-order valence-electron chi connectivity index (χ4n) is 2.18. The molecule has 20 heavy (non-hydrogen) atoms. The quantitative estimate of drug-likeness (QED) is 0.883. The minimum atomic E-state index is -0.580. The smallest absolute Gasteiger partial charge is 0.242 e. The van der Waals surface area contributed by atoms with Gasteiger partial charge in [-0.1, -0.05) is 54.3 Å². The molecule has 102 valence electrons. The Kier molecular flexibility index (Phi) is 3.40. The number of nitrogens with one attached hydrogen (secondary N) is 1. The van der Waals surface area contributed by atoms with E-state index in [-0.39, 0.29) is 5.91 Å². The second-order valence-corrected chi connectivity index (χ2v) is 7.06. The van der Waals surface area contributed by atoms with Crippen LogP contribution in [-0.4, -0.2) is 15.0 Å². The first-order chi connectivity index (χ1) is 9.57. The van der Waals surface area contributed by atoms with Crippen molar-refractivity contribution in [1.29, 1.82) is 0 Å². The molecule has 1 amide bonds. The first-order valence-corrected chi connectivity index (χ1v) is 7.48. The maximum atomic E-state index is 11.9. The Balaban J connectivity index is 1.82. The Morgan fingerprint density at radius 2 is 2.00 bits per heavy atom. The molecule has 0 aliphatic carbocycles. The lowest BCUT2D eigenvalue weighted by Gasteiger charge is -2.16. The summed E-state index contributed by atoms with van der Waals surface area (Å²) in [6.07, 6.45) is 0.524. The van der Waals surface area contributed by atoms with Crippen molar-refractivity contribution in [3.63, 3.8) is 0 Å². The predicted octanol–water partition coefficient (Wildman–Crippen LogP) is 3.40. The van der Waals surface area contributed by atoms with Crippen LogP contribution in [0.25, 0.3) is 11.3 Å². The van der Waals surface area contributed by atoms with E-state index in [2.05, 4.69) is 5.32 Å². The summed E-state index contributed by atoms with van der Waals surface area (Å²) in [6.45, 7) is 1.89. The van der Waals surface area contributed by atoms with E-state index in [1.165, 1.54) is 11.8 Å². The molecule has 3 rings (SSSR count). The van der Waals surface area contributed by atoms with E-state index in [1.54, 1.807) is 0 Å². The molecular weight excluding hydrogens is 290 g/mol. The molecule has 1 aliphatic heterocycles. The third kappa shape index (κ3) is 2.51. The van der Waals surface area contributed by atoms with Gasteiger partial charge in [0.1, 0.15) is 20.6 Å². The van der Waals surface area contributed by atoms with Crippen LogP contribution >= 0.6 is 24.0 Å². The summed E-state index contributed by atoms with van der Waals surface area (Å²) in [7, 11) is 0. The zero-order valence-corrected chi connectivity index (χ0v) is 12.5. The molecule has 1 aromatic carbocycles. The van der Waals surface area contributed by atoms with Crippen LogP contribution in [0, 0.1) is 0 Å². The Bertz CT molecular complexity index is 666. The minimum absolute atomic E-state index is 0.0508. The van der Waals surface area contributed by atoms with Crippen LogP contribution < -0.4 is 5.32 Å². The van der Waals surface area contributed by atoms with Gasteiger partial charge in [0.25, 0.3) is 0 Å². The molecule has 5 heteroatoms. The number of carbonyl (C=O) groups is 1. The number of thioether (sulfide) groups is 1. The number of thiocarbonyl (C=S) groups is 1. The Morgan fingerprint density at radius 3 is 2.65 bits per heavy atom. The maximum absolute atomic E-state index is 11.9. The predicted molar refractivity (Wildman–Crippen MR) is 84.6 cm³/mol. The molecule has 0 bridgehead atoms. The third-order valence-corrected chi connectivity index (χ3v) is 4.67. The van der Waals surface area contributed by atoms with Gasteiger partial charge in [0, 0.05) is 12.0 Å². The number of furan rings is 1. The average molecular weight is 303 g/mol. The fourth-order valence-corrected chi connectivity index (χ4v) is 3.74. The van der Waals surface area contributed by atoms with Crippen molar-refractivity contribution in [2.24, 2.45) is 0 Å². The zero-order chi connectivity index (χ0) is 14.2. The summed E-state index contributed by atoms with van der Waals surface area (Å²) < 4.78 is 5.80. The molecule has 0 spiro atoms. The Hall–Kier alpha value is -1.59. The van der Waals surface area contributed by atoms with Gasteiger partial charge in [-0.3, -0.25) is 4.79 Å². The molecule has 2 heterocycles. The molecule has 1 N–H and O–H groups in total. The third-order valence-electron chi connectivity index (χ3n) is 3.25. The van der Waals surface area contributed by atoms with Crippen LogP contribution in [0.2, 0.25) is 0 Å². The summed E-state index contributed by atoms with van der Waals surface area (Å²) >= 11 is 6.43. The average Bonchev–Trinajstić information content (AvgIpc) is 2.96. The van der Waals surface area contributed by atoms with Gasteiger partial charge in [-0.2, -0.15) is 0 Å². The van der Waals surface area contributed by atoms with Gasteiger partial charge in [-0.15, -0.1) is 0 Å². The van der Waals surface area contributed by atoms with E-state index >= 15 is 0 Å². The summed E-state index contributed by atoms with van der Waals surface area (Å²) in [5.74, 6) is 1.55. The lowest BCUT2D eigenvalue weighted by molar-refractivity contribution is -0.121. The van der Waals surface area contributed by atoms with Gasteiger partial charge in [0.15, 0.2) is 0 Å². The lowest BCUT2D eigenvalue weighted by atomic mass is 10.0. The number of rotatable bonds is 3. The van der Waals surface area contributed by atoms with E-state index in [0.717, 1.165) is 17.1 Å². The highest BCUT2D eigenvalue weighted by atomic mass is 32.2. The summed E-state index contributed by atoms with van der Waals surface area (Å²) in [4.78, 5) is 11.9. The molecule has 1 aromatic heterocycles. The number of benzene rings is 1. The van der Waals surface area contributed by atoms with Crippen molar-refractivity contribution in [3.8, 4) is 11.3 Å². The Labute approximate surface area is 126 Å². The summed E-state index contributed by atoms with van der Waals surface area (Å²) in [5.41, 5.74) is 1.03. The second kappa shape index (κ2) is 5.07. The van der Waals surface area contributed by atoms with Crippen molar-refractivity contribution >= 4 is 34.2 Å². The normalized spacial score (nSPS) is 22.1. The Morgan fingerprint density at radius 1 is 1.25 bits per heavy atom. The highest BCUT2D eigenvalue weighted by Gasteiger charge is 2.42. The van der Waals surface area contributed by atoms with Gasteiger partial charge in [-0.25, -0.2) is 0 Å². The van der Waals surface area contributed by atoms with Crippen molar-refractivity contribution in [2.45, 2.75) is 18.1 Å². The van der Waals surface area contributed by atoms with Crippen LogP contribution in [0.1, 0.15) is 12.7 Å². The molecule has 1 aliphatic rings. The number of hydrogen-bond donors (Lipinski definition) is 1. The molecule has 1 saturated heterocycles. The van der Waals surface area contributed by atoms with Crippen LogP contribution in [0.3, 0.4) is 0 Å². The highest BCUT2D eigenvalue weighted by Crippen LogP contribution is 2.36. The highest BCUT2D eigenvalue weighted by molar-refractivity contribution is 8.25. The molecule has 1 fully saturated rings. The number of hydrogen-bond acceptors (Lipinski definition) is 4. The zero-order valence-electron chi connectivity index (χ0n) is 10.9. The van der Waals surface area contributed by atoms with Gasteiger partial charge >= 0.3 is 0 Å². The van der Waals surface area contributed by atoms with Gasteiger partial charge in [0.05, 0.1) is 0 Å². The van der Waals surface area contributed by atoms with E-state index in [4.69, 9.17) is 16.6 Å². The van der Waals surface area contributed by atoms with E-state index in [9.17, 15) is 4.79 Å². The molecule has 0 radical (unpaired) electrons. The lowest BCUT2D eigenvalue weighted by Crippen LogP contribution is -2.35. The molecule has 2 aromatic rings. The maximum Gasteiger partial charge on any atom is 0.242 e. The molecular formula is C15H13NO2S2. The first kappa shape index (κ1) is 13.4. The van der Waals surface area contributed by atoms with E-state index in [1.807, 2.05) is 49.4 Å². The van der Waals surface area contributed by atoms with Crippen molar-refractivity contribution in [1.82, 2.24) is 5.32 Å². The van der Waals surface area contributed by atoms with E-state index in [0.29, 0.717) is 10.7 Å². The van der Waals surface area contributed by atoms with Crippen LogP contribution in [0.5, 0.6) is 0 Å².